The van der Waals surface area contributed by atoms with Crippen LogP contribution in [0.1, 0.15) is 31.1 Å². The molecular weight excluding hydrogens is 204 g/mol. The Morgan fingerprint density at radius 2 is 1.81 bits per heavy atom. The van der Waals surface area contributed by atoms with E-state index in [2.05, 4.69) is 0 Å². The van der Waals surface area contributed by atoms with Gasteiger partial charge in [-0.1, -0.05) is 30.3 Å². The molecule has 0 aliphatic carbocycles. The molecule has 88 valence electrons. The lowest BCUT2D eigenvalue weighted by Crippen LogP contribution is -2.38. The fourth-order valence-electron chi connectivity index (χ4n) is 1.45. The molecule has 0 heterocycles. The standard InChI is InChI=1S/C13H18O3/c1-10(15-4)16-13(2,3)12(14)11-8-6-5-7-9-11/h5-10H,1-4H3. The Bertz CT molecular complexity index is 343. The Kier molecular flexibility index (Phi) is 4.21. The van der Waals surface area contributed by atoms with Gasteiger partial charge in [0.15, 0.2) is 12.1 Å². The lowest BCUT2D eigenvalue weighted by molar-refractivity contribution is -0.160. The smallest absolute Gasteiger partial charge is 0.194 e. The zero-order valence-corrected chi connectivity index (χ0v) is 10.2. The molecule has 0 radical (unpaired) electrons. The number of ether oxygens (including phenoxy) is 2. The maximum Gasteiger partial charge on any atom is 0.194 e. The summed E-state index contributed by atoms with van der Waals surface area (Å²) in [5, 5.41) is 0. The molecule has 0 aliphatic rings. The van der Waals surface area contributed by atoms with Gasteiger partial charge in [-0.3, -0.25) is 4.79 Å². The Balaban J connectivity index is 2.80. The van der Waals surface area contributed by atoms with Crippen molar-refractivity contribution < 1.29 is 14.3 Å². The van der Waals surface area contributed by atoms with E-state index < -0.39 is 11.9 Å². The fourth-order valence-corrected chi connectivity index (χ4v) is 1.45. The molecule has 3 heteroatoms. The topological polar surface area (TPSA) is 35.5 Å². The van der Waals surface area contributed by atoms with Gasteiger partial charge in [0.05, 0.1) is 0 Å². The summed E-state index contributed by atoms with van der Waals surface area (Å²) in [7, 11) is 1.55. The van der Waals surface area contributed by atoms with E-state index in [0.29, 0.717) is 5.56 Å². The first-order chi connectivity index (χ1) is 7.47. The summed E-state index contributed by atoms with van der Waals surface area (Å²) in [4.78, 5) is 12.1. The van der Waals surface area contributed by atoms with Crippen LogP contribution in [-0.4, -0.2) is 24.8 Å². The molecule has 1 rings (SSSR count). The summed E-state index contributed by atoms with van der Waals surface area (Å²) in [6, 6.07) is 9.12. The van der Waals surface area contributed by atoms with Gasteiger partial charge in [0.1, 0.15) is 5.60 Å². The first-order valence-corrected chi connectivity index (χ1v) is 5.28. The zero-order valence-electron chi connectivity index (χ0n) is 10.2. The highest BCUT2D eigenvalue weighted by Crippen LogP contribution is 2.19. The fraction of sp³-hybridized carbons (Fsp3) is 0.462. The van der Waals surface area contributed by atoms with Crippen LogP contribution >= 0.6 is 0 Å². The molecule has 1 aromatic rings. The van der Waals surface area contributed by atoms with E-state index in [1.807, 2.05) is 18.2 Å². The maximum absolute atomic E-state index is 12.1. The summed E-state index contributed by atoms with van der Waals surface area (Å²) >= 11 is 0. The molecule has 0 amide bonds. The first kappa shape index (κ1) is 12.9. The molecule has 3 nitrogen and oxygen atoms in total. The Labute approximate surface area is 96.4 Å². The van der Waals surface area contributed by atoms with Crippen molar-refractivity contribution in [3.8, 4) is 0 Å². The number of carbonyl (C=O) groups is 1. The van der Waals surface area contributed by atoms with Gasteiger partial charge in [-0.25, -0.2) is 0 Å². The lowest BCUT2D eigenvalue weighted by atomic mass is 9.96. The van der Waals surface area contributed by atoms with Crippen LogP contribution < -0.4 is 0 Å². The molecule has 0 aromatic heterocycles. The van der Waals surface area contributed by atoms with Crippen LogP contribution in [0.2, 0.25) is 0 Å². The van der Waals surface area contributed by atoms with E-state index in [0.717, 1.165) is 0 Å². The Morgan fingerprint density at radius 1 is 1.25 bits per heavy atom. The summed E-state index contributed by atoms with van der Waals surface area (Å²) in [5.41, 5.74) is -0.229. The van der Waals surface area contributed by atoms with E-state index in [1.165, 1.54) is 0 Å². The number of hydrogen-bond acceptors (Lipinski definition) is 3. The van der Waals surface area contributed by atoms with Crippen molar-refractivity contribution in [3.63, 3.8) is 0 Å². The second kappa shape index (κ2) is 5.23. The van der Waals surface area contributed by atoms with Crippen LogP contribution in [0, 0.1) is 0 Å². The van der Waals surface area contributed by atoms with Crippen LogP contribution in [0.25, 0.3) is 0 Å². The second-order valence-corrected chi connectivity index (χ2v) is 4.13. The maximum atomic E-state index is 12.1. The van der Waals surface area contributed by atoms with Crippen molar-refractivity contribution in [2.75, 3.05) is 7.11 Å². The first-order valence-electron chi connectivity index (χ1n) is 5.28. The van der Waals surface area contributed by atoms with Gasteiger partial charge in [-0.05, 0) is 20.8 Å². The Morgan fingerprint density at radius 3 is 2.31 bits per heavy atom. The molecule has 16 heavy (non-hydrogen) atoms. The average Bonchev–Trinajstić information content (AvgIpc) is 2.28. The molecule has 0 N–H and O–H groups in total. The average molecular weight is 222 g/mol. The van der Waals surface area contributed by atoms with Gasteiger partial charge < -0.3 is 9.47 Å². The molecule has 0 bridgehead atoms. The van der Waals surface area contributed by atoms with Crippen molar-refractivity contribution in [2.24, 2.45) is 0 Å². The molecule has 0 saturated heterocycles. The third-order valence-electron chi connectivity index (χ3n) is 2.38. The van der Waals surface area contributed by atoms with Crippen LogP contribution in [0.5, 0.6) is 0 Å². The van der Waals surface area contributed by atoms with Crippen molar-refractivity contribution >= 4 is 5.78 Å². The van der Waals surface area contributed by atoms with E-state index in [-0.39, 0.29) is 5.78 Å². The van der Waals surface area contributed by atoms with Crippen LogP contribution in [0.15, 0.2) is 30.3 Å². The number of rotatable bonds is 5. The summed E-state index contributed by atoms with van der Waals surface area (Å²) < 4.78 is 10.5. The van der Waals surface area contributed by atoms with Gasteiger partial charge in [-0.15, -0.1) is 0 Å². The number of benzene rings is 1. The molecule has 1 atom stereocenters. The van der Waals surface area contributed by atoms with Gasteiger partial charge >= 0.3 is 0 Å². The summed E-state index contributed by atoms with van der Waals surface area (Å²) in [5.74, 6) is -0.0444. The number of ketones is 1. The van der Waals surface area contributed by atoms with Crippen molar-refractivity contribution in [2.45, 2.75) is 32.7 Å². The minimum Gasteiger partial charge on any atom is -0.356 e. The van der Waals surface area contributed by atoms with E-state index in [1.54, 1.807) is 40.0 Å². The highest BCUT2D eigenvalue weighted by Gasteiger charge is 2.31. The minimum absolute atomic E-state index is 0.0444. The van der Waals surface area contributed by atoms with Gasteiger partial charge in [0.2, 0.25) is 0 Å². The van der Waals surface area contributed by atoms with E-state index in [9.17, 15) is 4.79 Å². The zero-order chi connectivity index (χ0) is 12.2. The van der Waals surface area contributed by atoms with Gasteiger partial charge in [0.25, 0.3) is 0 Å². The number of carbonyl (C=O) groups excluding carboxylic acids is 1. The van der Waals surface area contributed by atoms with E-state index >= 15 is 0 Å². The van der Waals surface area contributed by atoms with Crippen molar-refractivity contribution in [1.82, 2.24) is 0 Å². The summed E-state index contributed by atoms with van der Waals surface area (Å²) in [6.07, 6.45) is -0.400. The van der Waals surface area contributed by atoms with Crippen LogP contribution in [0.4, 0.5) is 0 Å². The predicted molar refractivity (Wildman–Crippen MR) is 62.4 cm³/mol. The van der Waals surface area contributed by atoms with E-state index in [4.69, 9.17) is 9.47 Å². The monoisotopic (exact) mass is 222 g/mol. The predicted octanol–water partition coefficient (Wildman–Crippen LogP) is 2.66. The van der Waals surface area contributed by atoms with Crippen molar-refractivity contribution in [3.05, 3.63) is 35.9 Å². The van der Waals surface area contributed by atoms with Gasteiger partial charge in [0, 0.05) is 12.7 Å². The number of methoxy groups -OCH3 is 1. The SMILES string of the molecule is COC(C)OC(C)(C)C(=O)c1ccccc1. The van der Waals surface area contributed by atoms with Crippen LogP contribution in [-0.2, 0) is 9.47 Å². The Hall–Kier alpha value is -1.19. The highest BCUT2D eigenvalue weighted by atomic mass is 16.7. The minimum atomic E-state index is -0.878. The third kappa shape index (κ3) is 3.15. The molecule has 1 aromatic carbocycles. The highest BCUT2D eigenvalue weighted by molar-refractivity contribution is 6.01. The third-order valence-corrected chi connectivity index (χ3v) is 2.38. The molecule has 0 fully saturated rings. The largest absolute Gasteiger partial charge is 0.356 e. The molecule has 0 aliphatic heterocycles. The second-order valence-electron chi connectivity index (χ2n) is 4.13. The summed E-state index contributed by atoms with van der Waals surface area (Å²) in [6.45, 7) is 5.26. The van der Waals surface area contributed by atoms with Crippen molar-refractivity contribution in [1.29, 1.82) is 0 Å². The van der Waals surface area contributed by atoms with Gasteiger partial charge in [-0.2, -0.15) is 0 Å². The molecular formula is C13H18O3. The number of Topliss-reactive ketones (excluding diaryl/α,β-unsaturated/α-hetero) is 1. The normalized spacial score (nSPS) is 13.5. The number of hydrogen-bond donors (Lipinski definition) is 0. The molecule has 1 unspecified atom stereocenters. The van der Waals surface area contributed by atoms with Crippen LogP contribution in [0.3, 0.4) is 0 Å². The quantitative estimate of drug-likeness (QED) is 0.567. The molecule has 0 spiro atoms. The lowest BCUT2D eigenvalue weighted by Gasteiger charge is -2.27. The molecule has 0 saturated carbocycles.